The van der Waals surface area contributed by atoms with E-state index in [9.17, 15) is 13.2 Å². The van der Waals surface area contributed by atoms with Crippen LogP contribution in [0.2, 0.25) is 0 Å². The van der Waals surface area contributed by atoms with Crippen molar-refractivity contribution in [3.8, 4) is 28.7 Å². The molecule has 3 rings (SSSR count). The van der Waals surface area contributed by atoms with Gasteiger partial charge in [0, 0.05) is 11.1 Å². The highest BCUT2D eigenvalue weighted by Gasteiger charge is 2.20. The maximum atomic E-state index is 12.9. The number of carbonyl (C=O) groups excluding carboxylic acids is 1. The molecule has 1 amide bonds. The number of nitrogens with one attached hydrogen (secondary N) is 1. The molecule has 0 fully saturated rings. The Hall–Kier alpha value is -3.60. The van der Waals surface area contributed by atoms with E-state index < -0.39 is 15.7 Å². The number of rotatable bonds is 11. The van der Waals surface area contributed by atoms with E-state index in [1.807, 2.05) is 20.8 Å². The highest BCUT2D eigenvalue weighted by Crippen LogP contribution is 2.39. The number of benzene rings is 2. The zero-order valence-electron chi connectivity index (χ0n) is 19.5. The third-order valence-corrected chi connectivity index (χ3v) is 6.41. The van der Waals surface area contributed by atoms with Crippen LogP contribution >= 0.6 is 0 Å². The van der Waals surface area contributed by atoms with E-state index in [1.165, 1.54) is 12.1 Å². The summed E-state index contributed by atoms with van der Waals surface area (Å²) in [6.45, 7) is 8.23. The second-order valence-electron chi connectivity index (χ2n) is 6.89. The normalized spacial score (nSPS) is 11.2. The van der Waals surface area contributed by atoms with E-state index in [-0.39, 0.29) is 28.1 Å². The van der Waals surface area contributed by atoms with Crippen LogP contribution in [-0.2, 0) is 9.84 Å². The van der Waals surface area contributed by atoms with Crippen molar-refractivity contribution in [3.05, 3.63) is 42.0 Å². The Labute approximate surface area is 198 Å². The summed E-state index contributed by atoms with van der Waals surface area (Å²) in [4.78, 5) is 13.1. The Morgan fingerprint density at radius 1 is 0.912 bits per heavy atom. The lowest BCUT2D eigenvalue weighted by Gasteiger charge is -2.16. The van der Waals surface area contributed by atoms with Gasteiger partial charge in [-0.15, -0.1) is 5.10 Å². The SMILES string of the molecule is CCOc1cc(C(=O)Nc2nnc(-c3ccc(S(=O)(=O)CC)cc3)o2)cc(OCC)c1OCC. The van der Waals surface area contributed by atoms with E-state index in [4.69, 9.17) is 18.6 Å². The van der Waals surface area contributed by atoms with Crippen LogP contribution in [0.4, 0.5) is 6.01 Å². The maximum Gasteiger partial charge on any atom is 0.322 e. The van der Waals surface area contributed by atoms with Crippen LogP contribution in [0.15, 0.2) is 45.7 Å². The third-order valence-electron chi connectivity index (χ3n) is 4.66. The number of aromatic nitrogens is 2. The van der Waals surface area contributed by atoms with E-state index in [0.717, 1.165) is 0 Å². The lowest BCUT2D eigenvalue weighted by atomic mass is 10.1. The molecule has 10 nitrogen and oxygen atoms in total. The van der Waals surface area contributed by atoms with E-state index in [0.29, 0.717) is 42.6 Å². The summed E-state index contributed by atoms with van der Waals surface area (Å²) in [5.41, 5.74) is 0.769. The lowest BCUT2D eigenvalue weighted by molar-refractivity contribution is 0.102. The van der Waals surface area contributed by atoms with Crippen molar-refractivity contribution in [3.63, 3.8) is 0 Å². The average molecular weight is 490 g/mol. The summed E-state index contributed by atoms with van der Waals surface area (Å²) in [6.07, 6.45) is 0. The monoisotopic (exact) mass is 489 g/mol. The first kappa shape index (κ1) is 25.0. The number of ether oxygens (including phenoxy) is 3. The fourth-order valence-electron chi connectivity index (χ4n) is 3.05. The van der Waals surface area contributed by atoms with Gasteiger partial charge in [-0.1, -0.05) is 12.0 Å². The summed E-state index contributed by atoms with van der Waals surface area (Å²) in [5, 5.41) is 10.3. The topological polar surface area (TPSA) is 130 Å². The molecule has 0 radical (unpaired) electrons. The number of nitrogens with zero attached hydrogens (tertiary/aromatic N) is 2. The summed E-state index contributed by atoms with van der Waals surface area (Å²) < 4.78 is 46.4. The third kappa shape index (κ3) is 5.66. The Morgan fingerprint density at radius 3 is 2.03 bits per heavy atom. The summed E-state index contributed by atoms with van der Waals surface area (Å²) in [6, 6.07) is 9.07. The number of hydrogen-bond donors (Lipinski definition) is 1. The molecule has 182 valence electrons. The highest BCUT2D eigenvalue weighted by atomic mass is 32.2. The second kappa shape index (κ2) is 11.0. The number of sulfone groups is 1. The van der Waals surface area contributed by atoms with Gasteiger partial charge in [-0.05, 0) is 57.2 Å². The molecule has 2 aromatic carbocycles. The first-order chi connectivity index (χ1) is 16.3. The molecule has 1 heterocycles. The van der Waals surface area contributed by atoms with Crippen LogP contribution < -0.4 is 19.5 Å². The predicted octanol–water partition coefficient (Wildman–Crippen LogP) is 3.98. The van der Waals surface area contributed by atoms with Crippen molar-refractivity contribution >= 4 is 21.8 Å². The van der Waals surface area contributed by atoms with Crippen molar-refractivity contribution in [2.24, 2.45) is 0 Å². The molecule has 0 spiro atoms. The first-order valence-corrected chi connectivity index (χ1v) is 12.5. The van der Waals surface area contributed by atoms with Gasteiger partial charge in [-0.25, -0.2) is 8.42 Å². The predicted molar refractivity (Wildman–Crippen MR) is 125 cm³/mol. The molecule has 0 saturated carbocycles. The lowest BCUT2D eigenvalue weighted by Crippen LogP contribution is -2.13. The van der Waals surface area contributed by atoms with Crippen LogP contribution in [-0.4, -0.2) is 50.1 Å². The van der Waals surface area contributed by atoms with Crippen LogP contribution in [0.1, 0.15) is 38.1 Å². The van der Waals surface area contributed by atoms with Gasteiger partial charge in [0.25, 0.3) is 5.91 Å². The minimum absolute atomic E-state index is 0.00462. The van der Waals surface area contributed by atoms with Crippen LogP contribution in [0.25, 0.3) is 11.5 Å². The van der Waals surface area contributed by atoms with Gasteiger partial charge in [0.1, 0.15) is 0 Å². The average Bonchev–Trinajstić information content (AvgIpc) is 3.29. The smallest absolute Gasteiger partial charge is 0.322 e. The molecule has 0 unspecified atom stereocenters. The van der Waals surface area contributed by atoms with Crippen molar-refractivity contribution in [1.82, 2.24) is 10.2 Å². The van der Waals surface area contributed by atoms with Gasteiger partial charge in [0.05, 0.1) is 30.5 Å². The largest absolute Gasteiger partial charge is 0.490 e. The van der Waals surface area contributed by atoms with Crippen molar-refractivity contribution < 1.29 is 31.8 Å². The molecule has 34 heavy (non-hydrogen) atoms. The fourth-order valence-corrected chi connectivity index (χ4v) is 3.94. The van der Waals surface area contributed by atoms with Crippen LogP contribution in [0.5, 0.6) is 17.2 Å². The highest BCUT2D eigenvalue weighted by molar-refractivity contribution is 7.91. The van der Waals surface area contributed by atoms with E-state index in [1.54, 1.807) is 31.2 Å². The van der Waals surface area contributed by atoms with Gasteiger partial charge < -0.3 is 18.6 Å². The van der Waals surface area contributed by atoms with Gasteiger partial charge in [0.2, 0.25) is 11.6 Å². The molecule has 11 heteroatoms. The maximum absolute atomic E-state index is 12.9. The summed E-state index contributed by atoms with van der Waals surface area (Å²) in [5.74, 6) is 0.820. The Balaban J connectivity index is 1.82. The molecule has 1 aromatic heterocycles. The molecule has 0 aliphatic rings. The molecule has 1 N–H and O–H groups in total. The fraction of sp³-hybridized carbons (Fsp3) is 0.348. The quantitative estimate of drug-likeness (QED) is 0.425. The van der Waals surface area contributed by atoms with Crippen molar-refractivity contribution in [1.29, 1.82) is 0 Å². The van der Waals surface area contributed by atoms with Crippen molar-refractivity contribution in [2.75, 3.05) is 30.9 Å². The van der Waals surface area contributed by atoms with Gasteiger partial charge >= 0.3 is 6.01 Å². The Morgan fingerprint density at radius 2 is 1.50 bits per heavy atom. The number of amides is 1. The molecule has 0 bridgehead atoms. The second-order valence-corrected chi connectivity index (χ2v) is 9.17. The zero-order valence-corrected chi connectivity index (χ0v) is 20.3. The molecule has 0 aliphatic heterocycles. The standard InChI is InChI=1S/C23H27N3O7S/c1-5-30-18-13-16(14-19(31-6-2)20(18)32-7-3)21(27)24-23-26-25-22(33-23)15-9-11-17(12-10-15)34(28,29)8-4/h9-14H,5-8H2,1-4H3,(H,24,26,27). The molecular weight excluding hydrogens is 462 g/mol. The number of hydrogen-bond acceptors (Lipinski definition) is 9. The zero-order chi connectivity index (χ0) is 24.7. The molecule has 0 saturated heterocycles. The summed E-state index contributed by atoms with van der Waals surface area (Å²) in [7, 11) is -3.31. The Bertz CT molecular complexity index is 1210. The first-order valence-electron chi connectivity index (χ1n) is 10.9. The minimum Gasteiger partial charge on any atom is -0.490 e. The molecule has 3 aromatic rings. The van der Waals surface area contributed by atoms with Crippen LogP contribution in [0.3, 0.4) is 0 Å². The molecule has 0 atom stereocenters. The minimum atomic E-state index is -3.31. The van der Waals surface area contributed by atoms with Gasteiger partial charge in [0.15, 0.2) is 21.3 Å². The number of anilines is 1. The van der Waals surface area contributed by atoms with Gasteiger partial charge in [-0.2, -0.15) is 0 Å². The van der Waals surface area contributed by atoms with Crippen molar-refractivity contribution in [2.45, 2.75) is 32.6 Å². The summed E-state index contributed by atoms with van der Waals surface area (Å²) >= 11 is 0. The molecular formula is C23H27N3O7S. The number of carbonyl (C=O) groups is 1. The van der Waals surface area contributed by atoms with Crippen LogP contribution in [0, 0.1) is 0 Å². The molecule has 0 aliphatic carbocycles. The van der Waals surface area contributed by atoms with E-state index in [2.05, 4.69) is 15.5 Å². The Kier molecular flexibility index (Phi) is 8.11. The van der Waals surface area contributed by atoms with E-state index >= 15 is 0 Å². The van der Waals surface area contributed by atoms with Gasteiger partial charge in [-0.3, -0.25) is 10.1 Å².